The summed E-state index contributed by atoms with van der Waals surface area (Å²) < 4.78 is 18.0. The molecule has 220 valence electrons. The molecule has 3 rings (SSSR count). The molecule has 0 spiro atoms. The van der Waals surface area contributed by atoms with E-state index >= 15 is 0 Å². The Morgan fingerprint density at radius 3 is 2.67 bits per heavy atom. The molecule has 0 saturated carbocycles. The summed E-state index contributed by atoms with van der Waals surface area (Å²) in [6, 6.07) is 2.30. The molecule has 12 heteroatoms. The summed E-state index contributed by atoms with van der Waals surface area (Å²) in [4.78, 5) is 50.9. The predicted molar refractivity (Wildman–Crippen MR) is 153 cm³/mol. The second-order valence-electron chi connectivity index (χ2n) is 9.90. The van der Waals surface area contributed by atoms with Gasteiger partial charge in [0.1, 0.15) is 24.3 Å². The van der Waals surface area contributed by atoms with Gasteiger partial charge in [-0.2, -0.15) is 0 Å². The van der Waals surface area contributed by atoms with Gasteiger partial charge < -0.3 is 39.4 Å². The Morgan fingerprint density at radius 1 is 1.27 bits per heavy atom. The van der Waals surface area contributed by atoms with Crippen molar-refractivity contribution in [3.63, 3.8) is 0 Å². The van der Waals surface area contributed by atoms with Crippen LogP contribution in [0.15, 0.2) is 23.8 Å². The summed E-state index contributed by atoms with van der Waals surface area (Å²) in [6.07, 6.45) is 2.15. The van der Waals surface area contributed by atoms with Crippen LogP contribution in [0.1, 0.15) is 55.8 Å². The highest BCUT2D eigenvalue weighted by molar-refractivity contribution is 14.1. The molecule has 0 bridgehead atoms. The third kappa shape index (κ3) is 8.48. The van der Waals surface area contributed by atoms with Crippen LogP contribution in [0.2, 0.25) is 0 Å². The van der Waals surface area contributed by atoms with Gasteiger partial charge in [-0.05, 0) is 67.0 Å². The molecular formula is C28H37IN2O9. The predicted octanol–water partition coefficient (Wildman–Crippen LogP) is 1.79. The van der Waals surface area contributed by atoms with Crippen molar-refractivity contribution in [2.45, 2.75) is 69.8 Å². The number of aliphatic hydroxyl groups is 2. The SMILES string of the molecule is COc1cc(C=O)cc(I)c1OC1C=C(C(=O)NCCO)CC(N(CC2CCCO2)C(=O)CCCC(C)=O)C1O. The van der Waals surface area contributed by atoms with Gasteiger partial charge >= 0.3 is 0 Å². The van der Waals surface area contributed by atoms with Gasteiger partial charge in [0.25, 0.3) is 0 Å². The minimum Gasteiger partial charge on any atom is -0.493 e. The number of nitrogens with zero attached hydrogens (tertiary/aromatic N) is 1. The number of rotatable bonds is 14. The van der Waals surface area contributed by atoms with Crippen LogP contribution in [0.25, 0.3) is 0 Å². The van der Waals surface area contributed by atoms with Crippen molar-refractivity contribution in [2.24, 2.45) is 0 Å². The molecule has 1 fully saturated rings. The van der Waals surface area contributed by atoms with Crippen LogP contribution in [0.3, 0.4) is 0 Å². The number of carbonyl (C=O) groups is 4. The van der Waals surface area contributed by atoms with Crippen LogP contribution in [0.4, 0.5) is 0 Å². The number of aliphatic hydroxyl groups excluding tert-OH is 2. The molecule has 3 N–H and O–H groups in total. The fourth-order valence-electron chi connectivity index (χ4n) is 4.90. The smallest absolute Gasteiger partial charge is 0.247 e. The largest absolute Gasteiger partial charge is 0.493 e. The molecule has 1 saturated heterocycles. The van der Waals surface area contributed by atoms with E-state index in [0.29, 0.717) is 34.0 Å². The van der Waals surface area contributed by atoms with E-state index in [1.165, 1.54) is 26.2 Å². The zero-order valence-electron chi connectivity index (χ0n) is 22.8. The molecule has 4 unspecified atom stereocenters. The van der Waals surface area contributed by atoms with Gasteiger partial charge in [-0.25, -0.2) is 0 Å². The lowest BCUT2D eigenvalue weighted by molar-refractivity contribution is -0.141. The number of aldehydes is 1. The Balaban J connectivity index is 1.97. The highest BCUT2D eigenvalue weighted by Crippen LogP contribution is 2.37. The third-order valence-corrected chi connectivity index (χ3v) is 7.72. The summed E-state index contributed by atoms with van der Waals surface area (Å²) in [6.45, 7) is 2.08. The summed E-state index contributed by atoms with van der Waals surface area (Å²) in [5.41, 5.74) is 0.676. The van der Waals surface area contributed by atoms with Gasteiger partial charge in [-0.3, -0.25) is 14.4 Å². The van der Waals surface area contributed by atoms with Crippen molar-refractivity contribution in [2.75, 3.05) is 33.4 Å². The van der Waals surface area contributed by atoms with Crippen molar-refractivity contribution in [3.8, 4) is 11.5 Å². The van der Waals surface area contributed by atoms with Gasteiger partial charge in [0.2, 0.25) is 11.8 Å². The van der Waals surface area contributed by atoms with Gasteiger partial charge in [-0.1, -0.05) is 0 Å². The number of benzene rings is 1. The first-order valence-corrected chi connectivity index (χ1v) is 14.4. The van der Waals surface area contributed by atoms with Crippen LogP contribution in [0, 0.1) is 3.57 Å². The first-order chi connectivity index (χ1) is 19.2. The van der Waals surface area contributed by atoms with E-state index in [1.807, 2.05) is 22.6 Å². The number of hydrogen-bond donors (Lipinski definition) is 3. The molecule has 2 aliphatic rings. The van der Waals surface area contributed by atoms with Gasteiger partial charge in [0, 0.05) is 50.1 Å². The number of Topliss-reactive ketones (excluding diaryl/α,β-unsaturated/α-hetero) is 1. The van der Waals surface area contributed by atoms with Crippen molar-refractivity contribution >= 4 is 46.5 Å². The van der Waals surface area contributed by atoms with E-state index in [0.717, 1.165) is 12.8 Å². The van der Waals surface area contributed by atoms with Crippen molar-refractivity contribution in [1.29, 1.82) is 0 Å². The van der Waals surface area contributed by atoms with E-state index in [2.05, 4.69) is 5.32 Å². The van der Waals surface area contributed by atoms with E-state index in [4.69, 9.17) is 14.2 Å². The Hall–Kier alpha value is -2.55. The number of methoxy groups -OCH3 is 1. The number of hydrogen-bond acceptors (Lipinski definition) is 9. The lowest BCUT2D eigenvalue weighted by Crippen LogP contribution is -2.56. The molecule has 1 aliphatic carbocycles. The number of amides is 2. The normalized spacial score (nSPS) is 22.3. The standard InChI is InChI=1S/C28H37IN2O9/c1-17(34)5-3-7-25(35)31(15-20-6-4-10-39-20)22-13-19(28(37)30-8-9-32)14-23(26(22)36)40-27-21(29)11-18(16-33)12-24(27)38-2/h11-12,14,16,20,22-23,26,32,36H,3-10,13,15H2,1-2H3,(H,30,37). The third-order valence-electron chi connectivity index (χ3n) is 6.92. The molecule has 1 heterocycles. The van der Waals surface area contributed by atoms with Gasteiger partial charge in [-0.15, -0.1) is 0 Å². The molecule has 1 aromatic carbocycles. The molecule has 4 atom stereocenters. The molecule has 0 aromatic heterocycles. The minimum absolute atomic E-state index is 0.0143. The Bertz CT molecular complexity index is 1100. The Labute approximate surface area is 247 Å². The van der Waals surface area contributed by atoms with Crippen LogP contribution in [-0.2, 0) is 19.1 Å². The van der Waals surface area contributed by atoms with E-state index < -0.39 is 24.2 Å². The second kappa shape index (κ2) is 15.5. The maximum atomic E-state index is 13.5. The van der Waals surface area contributed by atoms with E-state index in [1.54, 1.807) is 11.0 Å². The molecule has 11 nitrogen and oxygen atoms in total. The topological polar surface area (TPSA) is 152 Å². The summed E-state index contributed by atoms with van der Waals surface area (Å²) in [7, 11) is 1.43. The first-order valence-electron chi connectivity index (χ1n) is 13.4. The second-order valence-corrected chi connectivity index (χ2v) is 11.1. The van der Waals surface area contributed by atoms with Crippen LogP contribution < -0.4 is 14.8 Å². The Kier molecular flexibility index (Phi) is 12.3. The zero-order chi connectivity index (χ0) is 29.2. The number of halogens is 1. The number of carbonyl (C=O) groups excluding carboxylic acids is 4. The van der Waals surface area contributed by atoms with Gasteiger partial charge in [0.05, 0.1) is 29.4 Å². The summed E-state index contributed by atoms with van der Waals surface area (Å²) in [5, 5.41) is 23.4. The first kappa shape index (κ1) is 32.0. The summed E-state index contributed by atoms with van der Waals surface area (Å²) >= 11 is 2.00. The molecular weight excluding hydrogens is 635 g/mol. The number of ketones is 1. The van der Waals surface area contributed by atoms with Crippen LogP contribution in [0.5, 0.6) is 11.5 Å². The molecule has 1 aliphatic heterocycles. The van der Waals surface area contributed by atoms with Gasteiger partial charge in [0.15, 0.2) is 11.5 Å². The van der Waals surface area contributed by atoms with Crippen molar-refractivity contribution < 1.29 is 43.6 Å². The maximum Gasteiger partial charge on any atom is 0.247 e. The van der Waals surface area contributed by atoms with Crippen LogP contribution in [-0.4, -0.2) is 96.8 Å². The molecule has 40 heavy (non-hydrogen) atoms. The Morgan fingerprint density at radius 2 is 2.05 bits per heavy atom. The van der Waals surface area contributed by atoms with Crippen LogP contribution >= 0.6 is 22.6 Å². The number of nitrogens with one attached hydrogen (secondary N) is 1. The van der Waals surface area contributed by atoms with E-state index in [-0.39, 0.29) is 68.3 Å². The highest BCUT2D eigenvalue weighted by Gasteiger charge is 2.41. The molecule has 1 aromatic rings. The fourth-order valence-corrected chi connectivity index (χ4v) is 5.65. The lowest BCUT2D eigenvalue weighted by Gasteiger charge is -2.41. The minimum atomic E-state index is -1.22. The monoisotopic (exact) mass is 672 g/mol. The highest BCUT2D eigenvalue weighted by atomic mass is 127. The number of ether oxygens (including phenoxy) is 3. The van der Waals surface area contributed by atoms with Crippen molar-refractivity contribution in [1.82, 2.24) is 10.2 Å². The lowest BCUT2D eigenvalue weighted by atomic mass is 9.87. The maximum absolute atomic E-state index is 13.5. The van der Waals surface area contributed by atoms with E-state index in [9.17, 15) is 29.4 Å². The average Bonchev–Trinajstić information content (AvgIpc) is 3.45. The summed E-state index contributed by atoms with van der Waals surface area (Å²) in [5.74, 6) is -0.153. The molecule has 0 radical (unpaired) electrons. The fraction of sp³-hybridized carbons (Fsp3) is 0.571. The molecule has 2 amide bonds. The average molecular weight is 673 g/mol. The van der Waals surface area contributed by atoms with Crippen molar-refractivity contribution in [3.05, 3.63) is 32.9 Å². The quantitative estimate of drug-likeness (QED) is 0.199. The zero-order valence-corrected chi connectivity index (χ0v) is 24.9.